The summed E-state index contributed by atoms with van der Waals surface area (Å²) in [6.45, 7) is 8.41. The molecular formula is C32H39NO4S. The number of ether oxygens (including phenoxy) is 1. The smallest absolute Gasteiger partial charge is 0.318 e. The van der Waals surface area contributed by atoms with Crippen LogP contribution in [0.5, 0.6) is 0 Å². The fourth-order valence-electron chi connectivity index (χ4n) is 4.67. The molecule has 0 spiro atoms. The molecule has 2 aromatic heterocycles. The quantitative estimate of drug-likeness (QED) is 0.119. The number of aryl methyl sites for hydroxylation is 1. The second-order valence-electron chi connectivity index (χ2n) is 9.85. The van der Waals surface area contributed by atoms with Gasteiger partial charge in [0.1, 0.15) is 17.1 Å². The Bertz CT molecular complexity index is 1310. The van der Waals surface area contributed by atoms with E-state index in [4.69, 9.17) is 18.6 Å². The Morgan fingerprint density at radius 1 is 1.03 bits per heavy atom. The van der Waals surface area contributed by atoms with Crippen LogP contribution in [0.1, 0.15) is 81.6 Å². The van der Waals surface area contributed by atoms with E-state index in [0.29, 0.717) is 24.8 Å². The maximum Gasteiger partial charge on any atom is 0.318 e. The number of thioether (sulfide) groups is 1. The molecule has 2 unspecified atom stereocenters. The van der Waals surface area contributed by atoms with Crippen molar-refractivity contribution in [2.75, 3.05) is 12.4 Å². The van der Waals surface area contributed by atoms with Crippen molar-refractivity contribution in [1.82, 2.24) is 4.98 Å². The number of nitrogens with zero attached hydrogens (tertiary/aromatic N) is 1. The van der Waals surface area contributed by atoms with Crippen LogP contribution in [0.2, 0.25) is 0 Å². The van der Waals surface area contributed by atoms with Crippen LogP contribution in [0.25, 0.3) is 22.4 Å². The first-order valence-corrected chi connectivity index (χ1v) is 14.9. The number of benzene rings is 2. The fourth-order valence-corrected chi connectivity index (χ4v) is 5.76. The SMILES string of the molecule is CCCCCCC(CSC(C)C(=O)OCC)c1ccc2oc(Cc3nc(-c4ccccc4)oc3C)cc2c1. The van der Waals surface area contributed by atoms with Gasteiger partial charge in [0.15, 0.2) is 0 Å². The molecule has 38 heavy (non-hydrogen) atoms. The first kappa shape index (κ1) is 28.0. The predicted octanol–water partition coefficient (Wildman–Crippen LogP) is 8.73. The molecule has 0 amide bonds. The lowest BCUT2D eigenvalue weighted by atomic mass is 9.94. The Labute approximate surface area is 230 Å². The molecule has 4 aromatic rings. The summed E-state index contributed by atoms with van der Waals surface area (Å²) in [5.41, 5.74) is 4.04. The van der Waals surface area contributed by atoms with Gasteiger partial charge in [-0.1, -0.05) is 56.9 Å². The van der Waals surface area contributed by atoms with E-state index in [1.54, 1.807) is 11.8 Å². The number of oxazole rings is 1. The molecular weight excluding hydrogens is 494 g/mol. The van der Waals surface area contributed by atoms with Crippen LogP contribution in [0.15, 0.2) is 63.4 Å². The molecule has 0 fully saturated rings. The van der Waals surface area contributed by atoms with Crippen molar-refractivity contribution in [2.45, 2.75) is 77.4 Å². The molecule has 202 valence electrons. The Balaban J connectivity index is 1.49. The minimum atomic E-state index is -0.163. The summed E-state index contributed by atoms with van der Waals surface area (Å²) in [4.78, 5) is 16.9. The number of unbranched alkanes of at least 4 members (excludes halogenated alkanes) is 3. The zero-order valence-electron chi connectivity index (χ0n) is 23.0. The largest absolute Gasteiger partial charge is 0.465 e. The summed E-state index contributed by atoms with van der Waals surface area (Å²) < 4.78 is 17.4. The average Bonchev–Trinajstić information content (AvgIpc) is 3.50. The third-order valence-corrected chi connectivity index (χ3v) is 8.18. The second-order valence-corrected chi connectivity index (χ2v) is 11.2. The summed E-state index contributed by atoms with van der Waals surface area (Å²) in [5.74, 6) is 3.46. The number of esters is 1. The van der Waals surface area contributed by atoms with Crippen LogP contribution in [-0.2, 0) is 16.0 Å². The molecule has 2 heterocycles. The van der Waals surface area contributed by atoms with Crippen molar-refractivity contribution in [3.05, 3.63) is 77.4 Å². The lowest BCUT2D eigenvalue weighted by molar-refractivity contribution is -0.142. The number of carbonyl (C=O) groups is 1. The van der Waals surface area contributed by atoms with E-state index in [-0.39, 0.29) is 11.2 Å². The third-order valence-electron chi connectivity index (χ3n) is 6.89. The van der Waals surface area contributed by atoms with Crippen LogP contribution < -0.4 is 0 Å². The molecule has 0 aliphatic rings. The maximum absolute atomic E-state index is 12.2. The molecule has 0 bridgehead atoms. The van der Waals surface area contributed by atoms with Gasteiger partial charge in [-0.15, -0.1) is 11.8 Å². The van der Waals surface area contributed by atoms with Crippen LogP contribution >= 0.6 is 11.8 Å². The number of aromatic nitrogens is 1. The van der Waals surface area contributed by atoms with E-state index in [0.717, 1.165) is 45.9 Å². The highest BCUT2D eigenvalue weighted by Gasteiger charge is 2.20. The number of hydrogen-bond acceptors (Lipinski definition) is 6. The van der Waals surface area contributed by atoms with Crippen LogP contribution in [0.3, 0.4) is 0 Å². The molecule has 0 saturated heterocycles. The highest BCUT2D eigenvalue weighted by atomic mass is 32.2. The normalized spacial score (nSPS) is 13.1. The zero-order chi connectivity index (χ0) is 26.9. The summed E-state index contributed by atoms with van der Waals surface area (Å²) in [5, 5.41) is 0.938. The molecule has 0 saturated carbocycles. The lowest BCUT2D eigenvalue weighted by Gasteiger charge is -2.19. The van der Waals surface area contributed by atoms with Gasteiger partial charge in [0.2, 0.25) is 5.89 Å². The van der Waals surface area contributed by atoms with Crippen molar-refractivity contribution >= 4 is 28.7 Å². The highest BCUT2D eigenvalue weighted by Crippen LogP contribution is 2.33. The molecule has 0 N–H and O–H groups in total. The van der Waals surface area contributed by atoms with Crippen molar-refractivity contribution in [1.29, 1.82) is 0 Å². The van der Waals surface area contributed by atoms with Crippen molar-refractivity contribution in [2.24, 2.45) is 0 Å². The van der Waals surface area contributed by atoms with E-state index >= 15 is 0 Å². The number of hydrogen-bond donors (Lipinski definition) is 0. The Hall–Kier alpha value is -2.99. The van der Waals surface area contributed by atoms with Gasteiger partial charge >= 0.3 is 5.97 Å². The minimum absolute atomic E-state index is 0.129. The van der Waals surface area contributed by atoms with Gasteiger partial charge in [0.05, 0.1) is 24.0 Å². The second kappa shape index (κ2) is 13.7. The minimum Gasteiger partial charge on any atom is -0.465 e. The molecule has 0 aliphatic heterocycles. The fraction of sp³-hybridized carbons (Fsp3) is 0.438. The number of rotatable bonds is 14. The number of carbonyl (C=O) groups excluding carboxylic acids is 1. The van der Waals surface area contributed by atoms with E-state index in [1.807, 2.05) is 51.1 Å². The Morgan fingerprint density at radius 2 is 1.84 bits per heavy atom. The van der Waals surface area contributed by atoms with Gasteiger partial charge in [-0.25, -0.2) is 4.98 Å². The molecule has 0 radical (unpaired) electrons. The summed E-state index contributed by atoms with van der Waals surface area (Å²) in [7, 11) is 0. The van der Waals surface area contributed by atoms with Crippen LogP contribution in [0.4, 0.5) is 0 Å². The highest BCUT2D eigenvalue weighted by molar-refractivity contribution is 8.00. The van der Waals surface area contributed by atoms with Crippen molar-refractivity contribution in [3.63, 3.8) is 0 Å². The van der Waals surface area contributed by atoms with Gasteiger partial charge in [-0.05, 0) is 69.0 Å². The van der Waals surface area contributed by atoms with E-state index in [1.165, 1.54) is 31.2 Å². The topological polar surface area (TPSA) is 65.5 Å². The maximum atomic E-state index is 12.2. The van der Waals surface area contributed by atoms with Crippen LogP contribution in [0, 0.1) is 6.92 Å². The monoisotopic (exact) mass is 533 g/mol. The van der Waals surface area contributed by atoms with Gasteiger partial charge in [-0.2, -0.15) is 0 Å². The molecule has 4 rings (SSSR count). The van der Waals surface area contributed by atoms with E-state index in [9.17, 15) is 4.79 Å². The summed E-state index contributed by atoms with van der Waals surface area (Å²) in [6, 6.07) is 18.6. The first-order valence-electron chi connectivity index (χ1n) is 13.8. The summed E-state index contributed by atoms with van der Waals surface area (Å²) >= 11 is 1.69. The third kappa shape index (κ3) is 7.31. The lowest BCUT2D eigenvalue weighted by Crippen LogP contribution is -2.18. The average molecular weight is 534 g/mol. The number of fused-ring (bicyclic) bond motifs is 1. The van der Waals surface area contributed by atoms with Gasteiger partial charge in [0.25, 0.3) is 0 Å². The molecule has 2 atom stereocenters. The van der Waals surface area contributed by atoms with Crippen molar-refractivity contribution in [3.8, 4) is 11.5 Å². The molecule has 0 aliphatic carbocycles. The predicted molar refractivity (Wildman–Crippen MR) is 156 cm³/mol. The van der Waals surface area contributed by atoms with Gasteiger partial charge < -0.3 is 13.6 Å². The van der Waals surface area contributed by atoms with E-state index < -0.39 is 0 Å². The Kier molecular flexibility index (Phi) is 10.1. The first-order chi connectivity index (χ1) is 18.5. The standard InChI is InChI=1S/C32H39NO4S/c1-5-7-8-10-15-26(21-38-23(4)32(34)35-6-2)25-16-17-30-27(18-25)19-28(37-30)20-29-22(3)36-31(33-29)24-13-11-9-12-14-24/h9,11-14,16-19,23,26H,5-8,10,15,20-21H2,1-4H3. The molecule has 5 nitrogen and oxygen atoms in total. The van der Waals surface area contributed by atoms with Crippen LogP contribution in [-0.4, -0.2) is 28.6 Å². The van der Waals surface area contributed by atoms with E-state index in [2.05, 4.69) is 31.2 Å². The molecule has 6 heteroatoms. The Morgan fingerprint density at radius 3 is 2.61 bits per heavy atom. The number of furan rings is 1. The van der Waals surface area contributed by atoms with Crippen molar-refractivity contribution < 1.29 is 18.4 Å². The molecule has 2 aromatic carbocycles. The zero-order valence-corrected chi connectivity index (χ0v) is 23.8. The van der Waals surface area contributed by atoms with Gasteiger partial charge in [-0.3, -0.25) is 4.79 Å². The summed E-state index contributed by atoms with van der Waals surface area (Å²) in [6.07, 6.45) is 6.61. The van der Waals surface area contributed by atoms with Gasteiger partial charge in [0, 0.05) is 16.7 Å².